The molecular formula is C18H27FN2O3. The number of carbonyl (C=O) groups excluding carboxylic acids is 1. The lowest BCUT2D eigenvalue weighted by atomic mass is 9.93. The van der Waals surface area contributed by atoms with Gasteiger partial charge in [-0.15, -0.1) is 0 Å². The molecule has 1 aromatic carbocycles. The number of hydrogen-bond donors (Lipinski definition) is 2. The van der Waals surface area contributed by atoms with Gasteiger partial charge in [-0.1, -0.05) is 18.6 Å². The average molecular weight is 338 g/mol. The molecule has 1 saturated heterocycles. The van der Waals surface area contributed by atoms with Crippen LogP contribution in [0.1, 0.15) is 43.8 Å². The predicted molar refractivity (Wildman–Crippen MR) is 89.1 cm³/mol. The van der Waals surface area contributed by atoms with E-state index >= 15 is 0 Å². The number of amides is 1. The fraction of sp³-hybridized carbons (Fsp3) is 0.611. The standard InChI is InChI=1S/C18H27FN2O3/c1-24-17(14-5-7-16(19)8-6-14)13-15(18(22)20-23)9-12-21-10-3-2-4-11-21/h5-8,15,17,23H,2-4,9-13H2,1H3,(H,20,22)/t15-,17+/m0/s1. The van der Waals surface area contributed by atoms with Crippen molar-refractivity contribution in [3.63, 3.8) is 0 Å². The van der Waals surface area contributed by atoms with Gasteiger partial charge in [-0.25, -0.2) is 9.87 Å². The van der Waals surface area contributed by atoms with Crippen molar-refractivity contribution in [1.29, 1.82) is 0 Å². The van der Waals surface area contributed by atoms with Crippen molar-refractivity contribution in [2.75, 3.05) is 26.7 Å². The quantitative estimate of drug-likeness (QED) is 0.565. The molecule has 0 unspecified atom stereocenters. The molecule has 24 heavy (non-hydrogen) atoms. The molecule has 2 rings (SSSR count). The Labute approximate surface area is 142 Å². The monoisotopic (exact) mass is 338 g/mol. The van der Waals surface area contributed by atoms with Crippen LogP contribution in [0.2, 0.25) is 0 Å². The Kier molecular flexibility index (Phi) is 7.62. The number of likely N-dealkylation sites (tertiary alicyclic amines) is 1. The summed E-state index contributed by atoms with van der Waals surface area (Å²) in [6, 6.07) is 6.11. The van der Waals surface area contributed by atoms with Gasteiger partial charge in [0.2, 0.25) is 5.91 Å². The number of ether oxygens (including phenoxy) is 1. The van der Waals surface area contributed by atoms with Crippen molar-refractivity contribution in [3.05, 3.63) is 35.6 Å². The molecule has 1 amide bonds. The molecule has 0 aromatic heterocycles. The molecule has 134 valence electrons. The largest absolute Gasteiger partial charge is 0.377 e. The topological polar surface area (TPSA) is 61.8 Å². The lowest BCUT2D eigenvalue weighted by molar-refractivity contribution is -0.135. The fourth-order valence-electron chi connectivity index (χ4n) is 3.27. The van der Waals surface area contributed by atoms with Gasteiger partial charge < -0.3 is 9.64 Å². The molecule has 2 atom stereocenters. The van der Waals surface area contributed by atoms with E-state index in [1.807, 2.05) is 0 Å². The summed E-state index contributed by atoms with van der Waals surface area (Å²) in [6.07, 6.45) is 4.47. The molecule has 0 radical (unpaired) electrons. The molecular weight excluding hydrogens is 311 g/mol. The molecule has 1 aliphatic rings. The van der Waals surface area contributed by atoms with Crippen LogP contribution < -0.4 is 5.48 Å². The Hall–Kier alpha value is -1.50. The number of piperidine rings is 1. The van der Waals surface area contributed by atoms with Crippen molar-refractivity contribution < 1.29 is 19.1 Å². The fourth-order valence-corrected chi connectivity index (χ4v) is 3.27. The number of rotatable bonds is 8. The molecule has 2 N–H and O–H groups in total. The second-order valence-electron chi connectivity index (χ2n) is 6.38. The molecule has 1 aromatic rings. The minimum atomic E-state index is -0.392. The first-order valence-corrected chi connectivity index (χ1v) is 8.58. The smallest absolute Gasteiger partial charge is 0.246 e. The second-order valence-corrected chi connectivity index (χ2v) is 6.38. The lowest BCUT2D eigenvalue weighted by Gasteiger charge is -2.28. The normalized spacial score (nSPS) is 18.1. The average Bonchev–Trinajstić information content (AvgIpc) is 2.63. The Morgan fingerprint density at radius 2 is 1.96 bits per heavy atom. The highest BCUT2D eigenvalue weighted by Crippen LogP contribution is 2.27. The summed E-state index contributed by atoms with van der Waals surface area (Å²) in [6.45, 7) is 2.97. The number of nitrogens with one attached hydrogen (secondary N) is 1. The molecule has 0 spiro atoms. The number of carbonyl (C=O) groups is 1. The summed E-state index contributed by atoms with van der Waals surface area (Å²) >= 11 is 0. The van der Waals surface area contributed by atoms with Gasteiger partial charge >= 0.3 is 0 Å². The molecule has 5 nitrogen and oxygen atoms in total. The van der Waals surface area contributed by atoms with Gasteiger partial charge in [0, 0.05) is 13.0 Å². The molecule has 0 bridgehead atoms. The Morgan fingerprint density at radius 3 is 2.54 bits per heavy atom. The molecule has 0 aliphatic carbocycles. The summed E-state index contributed by atoms with van der Waals surface area (Å²) in [5, 5.41) is 9.03. The van der Waals surface area contributed by atoms with E-state index in [0.717, 1.165) is 25.2 Å². The van der Waals surface area contributed by atoms with E-state index in [4.69, 9.17) is 9.94 Å². The highest BCUT2D eigenvalue weighted by Gasteiger charge is 2.25. The van der Waals surface area contributed by atoms with Crippen molar-refractivity contribution in [2.45, 2.75) is 38.2 Å². The summed E-state index contributed by atoms with van der Waals surface area (Å²) in [5.74, 6) is -1.05. The highest BCUT2D eigenvalue weighted by molar-refractivity contribution is 5.77. The van der Waals surface area contributed by atoms with Gasteiger partial charge in [-0.3, -0.25) is 10.0 Å². The van der Waals surface area contributed by atoms with Gasteiger partial charge in [0.25, 0.3) is 0 Å². The number of nitrogens with zero attached hydrogens (tertiary/aromatic N) is 1. The maximum Gasteiger partial charge on any atom is 0.246 e. The number of halogens is 1. The SMILES string of the molecule is CO[C@H](C[C@H](CCN1CCCCC1)C(=O)NO)c1ccc(F)cc1. The van der Waals surface area contributed by atoms with Crippen molar-refractivity contribution in [3.8, 4) is 0 Å². The molecule has 1 aliphatic heterocycles. The van der Waals surface area contributed by atoms with Gasteiger partial charge in [0.15, 0.2) is 0 Å². The third-order valence-corrected chi connectivity index (χ3v) is 4.75. The van der Waals surface area contributed by atoms with Crippen LogP contribution in [-0.4, -0.2) is 42.8 Å². The third kappa shape index (κ3) is 5.54. The lowest BCUT2D eigenvalue weighted by Crippen LogP contribution is -2.35. The number of hydroxylamine groups is 1. The zero-order valence-electron chi connectivity index (χ0n) is 14.2. The first-order valence-electron chi connectivity index (χ1n) is 8.58. The minimum absolute atomic E-state index is 0.302. The number of hydrogen-bond acceptors (Lipinski definition) is 4. The zero-order chi connectivity index (χ0) is 17.4. The summed E-state index contributed by atoms with van der Waals surface area (Å²) in [5.41, 5.74) is 2.60. The van der Waals surface area contributed by atoms with E-state index in [2.05, 4.69) is 4.90 Å². The van der Waals surface area contributed by atoms with E-state index in [1.54, 1.807) is 24.7 Å². The van der Waals surface area contributed by atoms with Crippen molar-refractivity contribution in [1.82, 2.24) is 10.4 Å². The van der Waals surface area contributed by atoms with Crippen LogP contribution in [0, 0.1) is 11.7 Å². The van der Waals surface area contributed by atoms with Crippen LogP contribution in [0.15, 0.2) is 24.3 Å². The first-order chi connectivity index (χ1) is 11.6. The van der Waals surface area contributed by atoms with Crippen LogP contribution in [-0.2, 0) is 9.53 Å². The Bertz CT molecular complexity index is 503. The third-order valence-electron chi connectivity index (χ3n) is 4.75. The van der Waals surface area contributed by atoms with Gasteiger partial charge in [0.1, 0.15) is 5.82 Å². The van der Waals surface area contributed by atoms with Crippen molar-refractivity contribution >= 4 is 5.91 Å². The van der Waals surface area contributed by atoms with Crippen LogP contribution in [0.3, 0.4) is 0 Å². The first kappa shape index (κ1) is 18.8. The van der Waals surface area contributed by atoms with Gasteiger partial charge in [-0.2, -0.15) is 0 Å². The summed E-state index contributed by atoms with van der Waals surface area (Å²) in [4.78, 5) is 14.4. The maximum atomic E-state index is 13.1. The van der Waals surface area contributed by atoms with Crippen LogP contribution in [0.4, 0.5) is 4.39 Å². The zero-order valence-corrected chi connectivity index (χ0v) is 14.2. The van der Waals surface area contributed by atoms with E-state index in [9.17, 15) is 9.18 Å². The molecule has 1 heterocycles. The van der Waals surface area contributed by atoms with Crippen LogP contribution >= 0.6 is 0 Å². The minimum Gasteiger partial charge on any atom is -0.377 e. The molecule has 0 saturated carbocycles. The highest BCUT2D eigenvalue weighted by atomic mass is 19.1. The predicted octanol–water partition coefficient (Wildman–Crippen LogP) is 2.90. The van der Waals surface area contributed by atoms with Crippen LogP contribution in [0.5, 0.6) is 0 Å². The van der Waals surface area contributed by atoms with E-state index in [1.165, 1.54) is 31.4 Å². The Morgan fingerprint density at radius 1 is 1.29 bits per heavy atom. The van der Waals surface area contributed by atoms with Crippen molar-refractivity contribution in [2.24, 2.45) is 5.92 Å². The summed E-state index contributed by atoms with van der Waals surface area (Å²) in [7, 11) is 1.58. The number of methoxy groups -OCH3 is 1. The van der Waals surface area contributed by atoms with Gasteiger partial charge in [-0.05, 0) is 63.0 Å². The Balaban J connectivity index is 1.97. The summed E-state index contributed by atoms with van der Waals surface area (Å²) < 4.78 is 18.6. The van der Waals surface area contributed by atoms with E-state index in [0.29, 0.717) is 12.8 Å². The molecule has 6 heteroatoms. The van der Waals surface area contributed by atoms with E-state index in [-0.39, 0.29) is 17.8 Å². The maximum absolute atomic E-state index is 13.1. The van der Waals surface area contributed by atoms with Crippen LogP contribution in [0.25, 0.3) is 0 Å². The van der Waals surface area contributed by atoms with E-state index < -0.39 is 5.91 Å². The number of benzene rings is 1. The molecule has 1 fully saturated rings. The second kappa shape index (κ2) is 9.71. The van der Waals surface area contributed by atoms with Gasteiger partial charge in [0.05, 0.1) is 6.10 Å².